The molecule has 0 aliphatic heterocycles. The van der Waals surface area contributed by atoms with Crippen LogP contribution in [-0.2, 0) is 4.74 Å². The molecule has 0 unspecified atom stereocenters. The van der Waals surface area contributed by atoms with Crippen molar-refractivity contribution >= 4 is 11.8 Å². The Bertz CT molecular complexity index is 375. The summed E-state index contributed by atoms with van der Waals surface area (Å²) in [4.78, 5) is 15.6. The van der Waals surface area contributed by atoms with E-state index in [0.717, 1.165) is 0 Å². The lowest BCUT2D eigenvalue weighted by Gasteiger charge is -2.09. The molecule has 0 atom stereocenters. The number of nitrogens with one attached hydrogen (secondary N) is 1. The van der Waals surface area contributed by atoms with Crippen LogP contribution in [0.2, 0.25) is 0 Å². The van der Waals surface area contributed by atoms with Crippen LogP contribution in [-0.4, -0.2) is 23.6 Å². The number of carbonyl (C=O) groups excluding carboxylic acids is 1. The predicted molar refractivity (Wildman–Crippen MR) is 63.5 cm³/mol. The molecule has 0 aliphatic rings. The van der Waals surface area contributed by atoms with Gasteiger partial charge in [0, 0.05) is 6.04 Å². The van der Waals surface area contributed by atoms with Gasteiger partial charge in [-0.3, -0.25) is 0 Å². The van der Waals surface area contributed by atoms with Gasteiger partial charge in [-0.1, -0.05) is 18.7 Å². The fourth-order valence-corrected chi connectivity index (χ4v) is 1.13. The minimum atomic E-state index is -0.438. The van der Waals surface area contributed by atoms with Crippen molar-refractivity contribution in [2.45, 2.75) is 19.9 Å². The first-order chi connectivity index (χ1) is 7.63. The van der Waals surface area contributed by atoms with Crippen molar-refractivity contribution in [3.05, 3.63) is 36.5 Å². The van der Waals surface area contributed by atoms with Crippen molar-refractivity contribution in [3.8, 4) is 0 Å². The Labute approximate surface area is 95.3 Å². The van der Waals surface area contributed by atoms with Crippen LogP contribution in [0.5, 0.6) is 0 Å². The molecule has 0 radical (unpaired) electrons. The predicted octanol–water partition coefficient (Wildman–Crippen LogP) is 2.24. The summed E-state index contributed by atoms with van der Waals surface area (Å²) < 4.78 is 4.89. The third kappa shape index (κ3) is 3.73. The van der Waals surface area contributed by atoms with Gasteiger partial charge < -0.3 is 10.1 Å². The largest absolute Gasteiger partial charge is 0.457 e. The standard InChI is InChI=1S/C12H16N2O2/c1-4-8-16-12(15)10-6-5-7-11(14-10)13-9(2)3/h4-7,9H,1,8H2,2-3H3,(H,13,14). The summed E-state index contributed by atoms with van der Waals surface area (Å²) in [5, 5.41) is 3.12. The summed E-state index contributed by atoms with van der Waals surface area (Å²) in [6, 6.07) is 5.47. The van der Waals surface area contributed by atoms with E-state index in [2.05, 4.69) is 16.9 Å². The number of carbonyl (C=O) groups is 1. The van der Waals surface area contributed by atoms with E-state index < -0.39 is 5.97 Å². The third-order valence-corrected chi connectivity index (χ3v) is 1.73. The molecule has 0 fully saturated rings. The number of rotatable bonds is 5. The molecular weight excluding hydrogens is 204 g/mol. The normalized spacial score (nSPS) is 9.94. The molecule has 86 valence electrons. The molecule has 0 spiro atoms. The van der Waals surface area contributed by atoms with Crippen LogP contribution < -0.4 is 5.32 Å². The highest BCUT2D eigenvalue weighted by atomic mass is 16.5. The van der Waals surface area contributed by atoms with Crippen molar-refractivity contribution in [1.82, 2.24) is 4.98 Å². The molecule has 0 aromatic carbocycles. The van der Waals surface area contributed by atoms with Gasteiger partial charge in [-0.05, 0) is 26.0 Å². The van der Waals surface area contributed by atoms with Crippen LogP contribution in [0.1, 0.15) is 24.3 Å². The number of ether oxygens (including phenoxy) is 1. The molecule has 1 aromatic heterocycles. The van der Waals surface area contributed by atoms with Gasteiger partial charge in [0.2, 0.25) is 0 Å². The zero-order valence-corrected chi connectivity index (χ0v) is 9.56. The number of anilines is 1. The van der Waals surface area contributed by atoms with Crippen LogP contribution in [0.25, 0.3) is 0 Å². The molecule has 0 bridgehead atoms. The summed E-state index contributed by atoms with van der Waals surface area (Å²) in [5.41, 5.74) is 0.299. The first-order valence-electron chi connectivity index (χ1n) is 5.15. The Kier molecular flexibility index (Phi) is 4.51. The molecule has 1 aromatic rings. The SMILES string of the molecule is C=CCOC(=O)c1cccc(NC(C)C)n1. The van der Waals surface area contributed by atoms with Crippen LogP contribution in [0.3, 0.4) is 0 Å². The first kappa shape index (κ1) is 12.2. The summed E-state index contributed by atoms with van der Waals surface area (Å²) in [7, 11) is 0. The summed E-state index contributed by atoms with van der Waals surface area (Å²) in [6.45, 7) is 7.68. The number of aromatic nitrogens is 1. The molecule has 0 saturated heterocycles. The molecule has 0 amide bonds. The van der Waals surface area contributed by atoms with Crippen molar-refractivity contribution in [2.24, 2.45) is 0 Å². The van der Waals surface area contributed by atoms with E-state index in [1.807, 2.05) is 19.9 Å². The van der Waals surface area contributed by atoms with Gasteiger partial charge in [-0.25, -0.2) is 9.78 Å². The molecule has 1 N–H and O–H groups in total. The highest BCUT2D eigenvalue weighted by Crippen LogP contribution is 2.07. The number of nitrogens with zero attached hydrogens (tertiary/aromatic N) is 1. The zero-order chi connectivity index (χ0) is 12.0. The Morgan fingerprint density at radius 2 is 2.38 bits per heavy atom. The van der Waals surface area contributed by atoms with Crippen molar-refractivity contribution < 1.29 is 9.53 Å². The van der Waals surface area contributed by atoms with Gasteiger partial charge in [0.05, 0.1) is 0 Å². The summed E-state index contributed by atoms with van der Waals surface area (Å²) in [5.74, 6) is 0.232. The maximum absolute atomic E-state index is 11.5. The molecule has 4 heteroatoms. The Morgan fingerprint density at radius 3 is 3.00 bits per heavy atom. The van der Waals surface area contributed by atoms with E-state index in [1.165, 1.54) is 6.08 Å². The van der Waals surface area contributed by atoms with E-state index in [-0.39, 0.29) is 12.6 Å². The molecule has 4 nitrogen and oxygen atoms in total. The lowest BCUT2D eigenvalue weighted by Crippen LogP contribution is -2.13. The molecular formula is C12H16N2O2. The molecule has 1 heterocycles. The Morgan fingerprint density at radius 1 is 1.62 bits per heavy atom. The van der Waals surface area contributed by atoms with Crippen LogP contribution in [0, 0.1) is 0 Å². The van der Waals surface area contributed by atoms with Gasteiger partial charge in [-0.2, -0.15) is 0 Å². The average molecular weight is 220 g/mol. The van der Waals surface area contributed by atoms with E-state index in [0.29, 0.717) is 11.5 Å². The minimum absolute atomic E-state index is 0.197. The van der Waals surface area contributed by atoms with Crippen LogP contribution >= 0.6 is 0 Å². The quantitative estimate of drug-likeness (QED) is 0.610. The number of esters is 1. The molecule has 16 heavy (non-hydrogen) atoms. The number of pyridine rings is 1. The van der Waals surface area contributed by atoms with E-state index in [9.17, 15) is 4.79 Å². The van der Waals surface area contributed by atoms with Crippen molar-refractivity contribution in [1.29, 1.82) is 0 Å². The van der Waals surface area contributed by atoms with Crippen molar-refractivity contribution in [3.63, 3.8) is 0 Å². The average Bonchev–Trinajstić information content (AvgIpc) is 2.25. The maximum Gasteiger partial charge on any atom is 0.357 e. The first-order valence-corrected chi connectivity index (χ1v) is 5.15. The van der Waals surface area contributed by atoms with Gasteiger partial charge in [0.1, 0.15) is 12.4 Å². The van der Waals surface area contributed by atoms with Gasteiger partial charge in [0.15, 0.2) is 5.69 Å². The fourth-order valence-electron chi connectivity index (χ4n) is 1.13. The second kappa shape index (κ2) is 5.90. The van der Waals surface area contributed by atoms with E-state index >= 15 is 0 Å². The van der Waals surface area contributed by atoms with Gasteiger partial charge in [0.25, 0.3) is 0 Å². The highest BCUT2D eigenvalue weighted by Gasteiger charge is 2.08. The summed E-state index contributed by atoms with van der Waals surface area (Å²) in [6.07, 6.45) is 1.52. The van der Waals surface area contributed by atoms with E-state index in [4.69, 9.17) is 4.74 Å². The molecule has 1 rings (SSSR count). The second-order valence-electron chi connectivity index (χ2n) is 3.59. The maximum atomic E-state index is 11.5. The Balaban J connectivity index is 2.73. The van der Waals surface area contributed by atoms with Crippen LogP contribution in [0.4, 0.5) is 5.82 Å². The van der Waals surface area contributed by atoms with Gasteiger partial charge in [-0.15, -0.1) is 0 Å². The van der Waals surface area contributed by atoms with E-state index in [1.54, 1.807) is 12.1 Å². The lowest BCUT2D eigenvalue weighted by atomic mass is 10.3. The molecule has 0 aliphatic carbocycles. The third-order valence-electron chi connectivity index (χ3n) is 1.73. The summed E-state index contributed by atoms with van der Waals surface area (Å²) >= 11 is 0. The number of hydrogen-bond acceptors (Lipinski definition) is 4. The van der Waals surface area contributed by atoms with Gasteiger partial charge >= 0.3 is 5.97 Å². The number of hydrogen-bond donors (Lipinski definition) is 1. The van der Waals surface area contributed by atoms with Crippen molar-refractivity contribution in [2.75, 3.05) is 11.9 Å². The van der Waals surface area contributed by atoms with Crippen LogP contribution in [0.15, 0.2) is 30.9 Å². The monoisotopic (exact) mass is 220 g/mol. The topological polar surface area (TPSA) is 51.2 Å². The Hall–Kier alpha value is -1.84. The fraction of sp³-hybridized carbons (Fsp3) is 0.333. The molecule has 0 saturated carbocycles. The smallest absolute Gasteiger partial charge is 0.357 e. The minimum Gasteiger partial charge on any atom is -0.457 e. The lowest BCUT2D eigenvalue weighted by molar-refractivity contribution is 0.0543. The highest BCUT2D eigenvalue weighted by molar-refractivity contribution is 5.87. The second-order valence-corrected chi connectivity index (χ2v) is 3.59. The zero-order valence-electron chi connectivity index (χ0n) is 9.56.